The van der Waals surface area contributed by atoms with Crippen LogP contribution in [0.3, 0.4) is 0 Å². The zero-order valence-electron chi connectivity index (χ0n) is 13.2. The number of hydrogen-bond acceptors (Lipinski definition) is 6. The molecule has 0 aliphatic carbocycles. The summed E-state index contributed by atoms with van der Waals surface area (Å²) in [5, 5.41) is 23.9. The highest BCUT2D eigenvalue weighted by molar-refractivity contribution is 5.68. The Labute approximate surface area is 139 Å². The summed E-state index contributed by atoms with van der Waals surface area (Å²) in [6.45, 7) is 0.212. The van der Waals surface area contributed by atoms with Gasteiger partial charge in [-0.05, 0) is 35.9 Å². The first-order valence-corrected chi connectivity index (χ1v) is 7.41. The summed E-state index contributed by atoms with van der Waals surface area (Å²) < 4.78 is 7.63. The molecule has 0 fully saturated rings. The maximum atomic E-state index is 10.9. The van der Waals surface area contributed by atoms with Crippen LogP contribution in [0.5, 0.6) is 5.75 Å². The Morgan fingerprint density at radius 2 is 2.08 bits per heavy atom. The summed E-state index contributed by atoms with van der Waals surface area (Å²) in [4.78, 5) is 4.24. The van der Waals surface area contributed by atoms with Crippen LogP contribution >= 0.6 is 0 Å². The van der Waals surface area contributed by atoms with Crippen LogP contribution in [0.25, 0.3) is 11.3 Å². The van der Waals surface area contributed by atoms with Crippen molar-refractivity contribution in [3.05, 3.63) is 71.3 Å². The van der Waals surface area contributed by atoms with Gasteiger partial charge in [0.05, 0.1) is 11.4 Å². The Balaban J connectivity index is 1.91. The molecule has 1 N–H and O–H groups in total. The fraction of sp³-hybridized carbons (Fsp3) is 0.176. The summed E-state index contributed by atoms with van der Waals surface area (Å²) in [5.74, 6) is 0.656. The van der Waals surface area contributed by atoms with Crippen LogP contribution in [0.1, 0.15) is 11.3 Å². The Morgan fingerprint density at radius 1 is 1.21 bits per heavy atom. The van der Waals surface area contributed by atoms with E-state index in [2.05, 4.69) is 10.1 Å². The second-order valence-electron chi connectivity index (χ2n) is 5.29. The zero-order chi connectivity index (χ0) is 16.9. The van der Waals surface area contributed by atoms with Crippen molar-refractivity contribution in [1.29, 1.82) is 0 Å². The summed E-state index contributed by atoms with van der Waals surface area (Å²) in [5.41, 5.74) is 3.14. The molecular formula is C17H17N4O3-. The fourth-order valence-electron chi connectivity index (χ4n) is 2.43. The third kappa shape index (κ3) is 3.77. The summed E-state index contributed by atoms with van der Waals surface area (Å²) in [6.07, 6.45) is 3.41. The molecule has 3 rings (SSSR count). The molecule has 1 aromatic carbocycles. The van der Waals surface area contributed by atoms with E-state index in [-0.39, 0.29) is 11.8 Å². The molecule has 0 atom stereocenters. The van der Waals surface area contributed by atoms with Crippen molar-refractivity contribution in [1.82, 2.24) is 20.0 Å². The van der Waals surface area contributed by atoms with Crippen molar-refractivity contribution in [2.75, 3.05) is 0 Å². The summed E-state index contributed by atoms with van der Waals surface area (Å²) in [7, 11) is 1.83. The van der Waals surface area contributed by atoms with E-state index in [0.717, 1.165) is 17.0 Å². The fourth-order valence-corrected chi connectivity index (χ4v) is 2.43. The molecule has 0 bridgehead atoms. The maximum Gasteiger partial charge on any atom is 0.130 e. The third-order valence-corrected chi connectivity index (χ3v) is 3.56. The Hall–Kier alpha value is -2.74. The van der Waals surface area contributed by atoms with E-state index in [1.54, 1.807) is 29.2 Å². The van der Waals surface area contributed by atoms with Gasteiger partial charge in [0, 0.05) is 31.5 Å². The van der Waals surface area contributed by atoms with Gasteiger partial charge in [-0.2, -0.15) is 5.10 Å². The molecule has 2 heterocycles. The molecule has 0 aliphatic heterocycles. The number of aromatic nitrogens is 3. The molecule has 124 valence electrons. The van der Waals surface area contributed by atoms with Crippen LogP contribution < -0.4 is 4.74 Å². The largest absolute Gasteiger partial charge is 0.762 e. The van der Waals surface area contributed by atoms with Crippen LogP contribution in [-0.2, 0) is 20.2 Å². The molecule has 3 aromatic rings. The van der Waals surface area contributed by atoms with E-state index >= 15 is 0 Å². The van der Waals surface area contributed by atoms with Crippen molar-refractivity contribution in [3.8, 4) is 17.0 Å². The van der Waals surface area contributed by atoms with Crippen molar-refractivity contribution < 1.29 is 9.94 Å². The molecule has 0 saturated heterocycles. The normalized spacial score (nSPS) is 11.0. The lowest BCUT2D eigenvalue weighted by Crippen LogP contribution is -2.09. The summed E-state index contributed by atoms with van der Waals surface area (Å²) in [6, 6.07) is 12.8. The number of hydroxylamine groups is 2. The number of ether oxygens (including phenoxy) is 1. The van der Waals surface area contributed by atoms with Crippen molar-refractivity contribution in [3.63, 3.8) is 0 Å². The number of rotatable bonds is 6. The molecule has 0 unspecified atom stereocenters. The number of benzene rings is 1. The van der Waals surface area contributed by atoms with Gasteiger partial charge in [0.25, 0.3) is 0 Å². The lowest BCUT2D eigenvalue weighted by molar-refractivity contribution is -0.0487. The topological polar surface area (TPSA) is 86.5 Å². The number of pyridine rings is 1. The van der Waals surface area contributed by atoms with E-state index in [1.165, 1.54) is 0 Å². The lowest BCUT2D eigenvalue weighted by atomic mass is 10.1. The average Bonchev–Trinajstić information content (AvgIpc) is 3.00. The smallest absolute Gasteiger partial charge is 0.130 e. The van der Waals surface area contributed by atoms with E-state index in [0.29, 0.717) is 17.9 Å². The molecule has 0 aliphatic rings. The van der Waals surface area contributed by atoms with Gasteiger partial charge in [0.2, 0.25) is 0 Å². The highest BCUT2D eigenvalue weighted by atomic mass is 16.8. The van der Waals surface area contributed by atoms with Gasteiger partial charge in [0.1, 0.15) is 12.4 Å². The number of aryl methyl sites for hydroxylation is 1. The molecule has 0 spiro atoms. The lowest BCUT2D eigenvalue weighted by Gasteiger charge is -2.20. The zero-order valence-corrected chi connectivity index (χ0v) is 13.2. The van der Waals surface area contributed by atoms with Gasteiger partial charge in [-0.1, -0.05) is 12.1 Å². The standard InChI is InChI=1S/C17H17N4O3/c1-20-16(7-9-19-20)15-10-13(11-21(22)23)5-6-17(15)24-12-14-4-2-3-8-18-14/h2-10,22H,11-12H2,1H3/q-1. The SMILES string of the molecule is Cn1nccc1-c1cc(CN([O-])O)ccc1OCc1ccccn1. The van der Waals surface area contributed by atoms with Crippen molar-refractivity contribution in [2.45, 2.75) is 13.2 Å². The first-order chi connectivity index (χ1) is 11.6. The molecule has 24 heavy (non-hydrogen) atoms. The number of nitrogens with zero attached hydrogens (tertiary/aromatic N) is 4. The Bertz CT molecular complexity index is 803. The molecule has 0 amide bonds. The van der Waals surface area contributed by atoms with Crippen molar-refractivity contribution >= 4 is 0 Å². The predicted molar refractivity (Wildman–Crippen MR) is 87.9 cm³/mol. The van der Waals surface area contributed by atoms with Gasteiger partial charge in [0.15, 0.2) is 0 Å². The second-order valence-corrected chi connectivity index (χ2v) is 5.29. The van der Waals surface area contributed by atoms with Crippen molar-refractivity contribution in [2.24, 2.45) is 7.05 Å². The van der Waals surface area contributed by atoms with E-state index in [1.807, 2.05) is 37.4 Å². The highest BCUT2D eigenvalue weighted by Gasteiger charge is 2.12. The van der Waals surface area contributed by atoms with E-state index in [4.69, 9.17) is 9.94 Å². The first kappa shape index (κ1) is 16.1. The average molecular weight is 325 g/mol. The van der Waals surface area contributed by atoms with Gasteiger partial charge in [-0.15, -0.1) is 0 Å². The van der Waals surface area contributed by atoms with Crippen LogP contribution in [0.15, 0.2) is 54.9 Å². The van der Waals surface area contributed by atoms with Crippen LogP contribution in [-0.4, -0.2) is 25.2 Å². The van der Waals surface area contributed by atoms with E-state index in [9.17, 15) is 5.21 Å². The van der Waals surface area contributed by atoms with Crippen LogP contribution in [0.4, 0.5) is 0 Å². The molecule has 0 saturated carbocycles. The maximum absolute atomic E-state index is 10.9. The van der Waals surface area contributed by atoms with Crippen LogP contribution in [0, 0.1) is 5.21 Å². The molecule has 7 nitrogen and oxygen atoms in total. The molecular weight excluding hydrogens is 308 g/mol. The third-order valence-electron chi connectivity index (χ3n) is 3.56. The minimum Gasteiger partial charge on any atom is -0.762 e. The highest BCUT2D eigenvalue weighted by Crippen LogP contribution is 2.31. The Kier molecular flexibility index (Phi) is 4.85. The van der Waals surface area contributed by atoms with Crippen LogP contribution in [0.2, 0.25) is 0 Å². The first-order valence-electron chi connectivity index (χ1n) is 7.41. The predicted octanol–water partition coefficient (Wildman–Crippen LogP) is 2.75. The minimum absolute atomic E-state index is 0.100. The van der Waals surface area contributed by atoms with Gasteiger partial charge < -0.3 is 15.2 Å². The molecule has 7 heteroatoms. The monoisotopic (exact) mass is 325 g/mol. The molecule has 2 aromatic heterocycles. The minimum atomic E-state index is -0.120. The number of hydrogen-bond donors (Lipinski definition) is 1. The van der Waals surface area contributed by atoms with E-state index < -0.39 is 0 Å². The second kappa shape index (κ2) is 7.22. The van der Waals surface area contributed by atoms with Gasteiger partial charge in [-0.25, -0.2) is 0 Å². The quantitative estimate of drug-likeness (QED) is 0.701. The van der Waals surface area contributed by atoms with Gasteiger partial charge >= 0.3 is 0 Å². The Morgan fingerprint density at radius 3 is 2.75 bits per heavy atom. The summed E-state index contributed by atoms with van der Waals surface area (Å²) >= 11 is 0. The van der Waals surface area contributed by atoms with Gasteiger partial charge in [-0.3, -0.25) is 14.9 Å². The molecule has 0 radical (unpaired) electrons.